The summed E-state index contributed by atoms with van der Waals surface area (Å²) in [6, 6.07) is 3.98. The highest BCUT2D eigenvalue weighted by molar-refractivity contribution is 5.52. The summed E-state index contributed by atoms with van der Waals surface area (Å²) in [6.07, 6.45) is 5.43. The van der Waals surface area contributed by atoms with Crippen LogP contribution in [0.5, 0.6) is 5.75 Å². The molecular weight excluding hydrogens is 238 g/mol. The van der Waals surface area contributed by atoms with E-state index in [1.807, 2.05) is 19.1 Å². The van der Waals surface area contributed by atoms with Crippen LogP contribution in [0.25, 0.3) is 0 Å². The molecule has 1 aromatic rings. The summed E-state index contributed by atoms with van der Waals surface area (Å²) < 4.78 is 0. The lowest BCUT2D eigenvalue weighted by Gasteiger charge is -2.27. The van der Waals surface area contributed by atoms with Crippen LogP contribution in [-0.4, -0.2) is 11.2 Å². The van der Waals surface area contributed by atoms with Crippen molar-refractivity contribution in [1.82, 2.24) is 0 Å². The maximum Gasteiger partial charge on any atom is 0.235 e. The van der Waals surface area contributed by atoms with Crippen LogP contribution >= 0.6 is 0 Å². The van der Waals surface area contributed by atoms with Gasteiger partial charge in [-0.3, -0.25) is 0 Å². The molecule has 0 unspecified atom stereocenters. The molecule has 1 saturated carbocycles. The molecule has 2 rings (SSSR count). The Hall–Kier alpha value is -1.60. The molecule has 102 valence electrons. The fraction of sp³-hybridized carbons (Fsp3) is 0.562. The molecular formula is C16H21NO2. The van der Waals surface area contributed by atoms with Gasteiger partial charge in [-0.05, 0) is 36.8 Å². The van der Waals surface area contributed by atoms with E-state index in [0.717, 1.165) is 42.4 Å². The van der Waals surface area contributed by atoms with E-state index >= 15 is 0 Å². The summed E-state index contributed by atoms with van der Waals surface area (Å²) in [7, 11) is 0. The van der Waals surface area contributed by atoms with E-state index in [0.29, 0.717) is 5.75 Å². The predicted molar refractivity (Wildman–Crippen MR) is 75.2 cm³/mol. The molecule has 0 radical (unpaired) electrons. The molecule has 0 atom stereocenters. The molecule has 0 aliphatic heterocycles. The van der Waals surface area contributed by atoms with E-state index in [4.69, 9.17) is 0 Å². The second-order valence-corrected chi connectivity index (χ2v) is 5.79. The number of aryl methyl sites for hydroxylation is 1. The number of phenolic OH excluding ortho intramolecular Hbond substituents is 1. The SMILES string of the molecule is Cc1ccc(C(C)C)c(O)c1C1(N=C=O)CCCC1. The second kappa shape index (κ2) is 5.18. The lowest BCUT2D eigenvalue weighted by molar-refractivity contribution is 0.401. The van der Waals surface area contributed by atoms with Crippen LogP contribution in [0.2, 0.25) is 0 Å². The number of phenols is 1. The third kappa shape index (κ3) is 2.31. The number of hydrogen-bond donors (Lipinski definition) is 1. The number of carbonyl (C=O) groups excluding carboxylic acids is 1. The van der Waals surface area contributed by atoms with E-state index in [2.05, 4.69) is 18.8 Å². The molecule has 1 aromatic carbocycles. The van der Waals surface area contributed by atoms with Gasteiger partial charge in [-0.25, -0.2) is 4.79 Å². The van der Waals surface area contributed by atoms with Gasteiger partial charge in [-0.15, -0.1) is 0 Å². The molecule has 3 heteroatoms. The predicted octanol–water partition coefficient (Wildman–Crippen LogP) is 3.93. The van der Waals surface area contributed by atoms with Crippen molar-refractivity contribution in [3.63, 3.8) is 0 Å². The molecule has 0 saturated heterocycles. The summed E-state index contributed by atoms with van der Waals surface area (Å²) in [5.74, 6) is 0.564. The second-order valence-electron chi connectivity index (χ2n) is 5.79. The van der Waals surface area contributed by atoms with Crippen LogP contribution in [-0.2, 0) is 10.3 Å². The minimum Gasteiger partial charge on any atom is -0.507 e. The molecule has 0 spiro atoms. The van der Waals surface area contributed by atoms with Crippen LogP contribution in [0, 0.1) is 6.92 Å². The molecule has 1 aliphatic carbocycles. The summed E-state index contributed by atoms with van der Waals surface area (Å²) >= 11 is 0. The van der Waals surface area contributed by atoms with Gasteiger partial charge in [-0.2, -0.15) is 4.99 Å². The Labute approximate surface area is 114 Å². The van der Waals surface area contributed by atoms with Crippen molar-refractivity contribution in [3.8, 4) is 5.75 Å². The third-order valence-electron chi connectivity index (χ3n) is 4.20. The number of benzene rings is 1. The zero-order valence-corrected chi connectivity index (χ0v) is 11.9. The van der Waals surface area contributed by atoms with Gasteiger partial charge in [0.05, 0.1) is 0 Å². The smallest absolute Gasteiger partial charge is 0.235 e. The molecule has 0 aromatic heterocycles. The normalized spacial score (nSPS) is 17.5. The van der Waals surface area contributed by atoms with E-state index in [-0.39, 0.29) is 5.92 Å². The number of rotatable bonds is 3. The number of nitrogens with zero attached hydrogens (tertiary/aromatic N) is 1. The Morgan fingerprint density at radius 1 is 1.32 bits per heavy atom. The lowest BCUT2D eigenvalue weighted by atomic mass is 9.82. The highest BCUT2D eigenvalue weighted by atomic mass is 16.3. The van der Waals surface area contributed by atoms with Crippen LogP contribution < -0.4 is 0 Å². The Kier molecular flexibility index (Phi) is 3.77. The average molecular weight is 259 g/mol. The number of hydrogen-bond acceptors (Lipinski definition) is 3. The monoisotopic (exact) mass is 259 g/mol. The molecule has 1 aliphatic rings. The number of isocyanates is 1. The van der Waals surface area contributed by atoms with Gasteiger partial charge in [0.15, 0.2) is 0 Å². The molecule has 0 amide bonds. The fourth-order valence-electron chi connectivity index (χ4n) is 3.23. The van der Waals surface area contributed by atoms with Gasteiger partial charge in [-0.1, -0.05) is 38.8 Å². The summed E-state index contributed by atoms with van der Waals surface area (Å²) in [6.45, 7) is 6.08. The zero-order chi connectivity index (χ0) is 14.0. The molecule has 3 nitrogen and oxygen atoms in total. The van der Waals surface area contributed by atoms with E-state index < -0.39 is 5.54 Å². The fourth-order valence-corrected chi connectivity index (χ4v) is 3.23. The first kappa shape index (κ1) is 13.8. The standard InChI is InChI=1S/C16H21NO2/c1-11(2)13-7-6-12(3)14(15(13)19)16(17-10-18)8-4-5-9-16/h6-7,11,19H,4-5,8-9H2,1-3H3. The highest BCUT2D eigenvalue weighted by Crippen LogP contribution is 2.48. The lowest BCUT2D eigenvalue weighted by Crippen LogP contribution is -2.21. The maximum atomic E-state index is 10.8. The first-order valence-corrected chi connectivity index (χ1v) is 6.94. The Bertz CT molecular complexity index is 522. The minimum absolute atomic E-state index is 0.248. The quantitative estimate of drug-likeness (QED) is 0.660. The summed E-state index contributed by atoms with van der Waals surface area (Å²) in [5.41, 5.74) is 2.20. The van der Waals surface area contributed by atoms with Crippen LogP contribution in [0.4, 0.5) is 0 Å². The van der Waals surface area contributed by atoms with Crippen molar-refractivity contribution < 1.29 is 9.90 Å². The molecule has 0 bridgehead atoms. The topological polar surface area (TPSA) is 49.7 Å². The largest absolute Gasteiger partial charge is 0.507 e. The van der Waals surface area contributed by atoms with Crippen molar-refractivity contribution >= 4 is 6.08 Å². The maximum absolute atomic E-state index is 10.8. The van der Waals surface area contributed by atoms with Gasteiger partial charge >= 0.3 is 0 Å². The van der Waals surface area contributed by atoms with Crippen molar-refractivity contribution in [2.75, 3.05) is 0 Å². The van der Waals surface area contributed by atoms with E-state index in [1.165, 1.54) is 0 Å². The van der Waals surface area contributed by atoms with Gasteiger partial charge < -0.3 is 5.11 Å². The highest BCUT2D eigenvalue weighted by Gasteiger charge is 2.39. The molecule has 1 fully saturated rings. The van der Waals surface area contributed by atoms with Gasteiger partial charge in [0.2, 0.25) is 6.08 Å². The molecule has 19 heavy (non-hydrogen) atoms. The first-order chi connectivity index (χ1) is 9.02. The van der Waals surface area contributed by atoms with Crippen LogP contribution in [0.15, 0.2) is 17.1 Å². The Morgan fingerprint density at radius 2 is 1.95 bits per heavy atom. The van der Waals surface area contributed by atoms with Gasteiger partial charge in [0.25, 0.3) is 0 Å². The molecule has 0 heterocycles. The minimum atomic E-state index is -0.555. The number of aromatic hydroxyl groups is 1. The summed E-state index contributed by atoms with van der Waals surface area (Å²) in [5, 5.41) is 10.6. The summed E-state index contributed by atoms with van der Waals surface area (Å²) in [4.78, 5) is 14.9. The Balaban J connectivity index is 2.66. The first-order valence-electron chi connectivity index (χ1n) is 6.94. The van der Waals surface area contributed by atoms with Crippen molar-refractivity contribution in [3.05, 3.63) is 28.8 Å². The zero-order valence-electron chi connectivity index (χ0n) is 11.9. The third-order valence-corrected chi connectivity index (χ3v) is 4.20. The Morgan fingerprint density at radius 3 is 2.47 bits per heavy atom. The van der Waals surface area contributed by atoms with E-state index in [9.17, 15) is 9.90 Å². The molecule has 1 N–H and O–H groups in total. The van der Waals surface area contributed by atoms with Crippen LogP contribution in [0.3, 0.4) is 0 Å². The van der Waals surface area contributed by atoms with Crippen molar-refractivity contribution in [2.45, 2.75) is 57.9 Å². The van der Waals surface area contributed by atoms with E-state index in [1.54, 1.807) is 6.08 Å². The average Bonchev–Trinajstić information content (AvgIpc) is 2.78. The van der Waals surface area contributed by atoms with Crippen LogP contribution in [0.1, 0.15) is 62.1 Å². The van der Waals surface area contributed by atoms with Crippen molar-refractivity contribution in [2.24, 2.45) is 4.99 Å². The van der Waals surface area contributed by atoms with Gasteiger partial charge in [0.1, 0.15) is 11.3 Å². The van der Waals surface area contributed by atoms with Crippen molar-refractivity contribution in [1.29, 1.82) is 0 Å². The van der Waals surface area contributed by atoms with Gasteiger partial charge in [0, 0.05) is 5.56 Å². The number of aliphatic imine (C=N–C) groups is 1.